The highest BCUT2D eigenvalue weighted by Gasteiger charge is 2.15. The van der Waals surface area contributed by atoms with E-state index in [1.54, 1.807) is 6.33 Å². The predicted molar refractivity (Wildman–Crippen MR) is 115 cm³/mol. The first-order valence-electron chi connectivity index (χ1n) is 9.85. The van der Waals surface area contributed by atoms with Crippen molar-refractivity contribution >= 4 is 33.8 Å². The van der Waals surface area contributed by atoms with Gasteiger partial charge in [-0.2, -0.15) is 0 Å². The number of carbonyl (C=O) groups excluding carboxylic acids is 1. The number of H-pyrrole nitrogens is 1. The number of imidazole rings is 1. The highest BCUT2D eigenvalue weighted by molar-refractivity contribution is 6.07. The number of fused-ring (bicyclic) bond motifs is 3. The topological polar surface area (TPSA) is 101 Å². The Bertz CT molecular complexity index is 1170. The highest BCUT2D eigenvalue weighted by atomic mass is 16.1. The molecule has 1 amide bonds. The molecule has 4 aromatic heterocycles. The summed E-state index contributed by atoms with van der Waals surface area (Å²) in [6, 6.07) is 7.88. The van der Waals surface area contributed by atoms with E-state index in [2.05, 4.69) is 38.6 Å². The van der Waals surface area contributed by atoms with E-state index >= 15 is 0 Å². The van der Waals surface area contributed by atoms with Crippen LogP contribution in [-0.4, -0.2) is 37.5 Å². The molecule has 8 heteroatoms. The summed E-state index contributed by atoms with van der Waals surface area (Å²) >= 11 is 0. The van der Waals surface area contributed by atoms with Crippen LogP contribution in [0.25, 0.3) is 33.5 Å². The fourth-order valence-electron chi connectivity index (χ4n) is 3.45. The Balaban J connectivity index is 1.66. The Morgan fingerprint density at radius 2 is 2.14 bits per heavy atom. The van der Waals surface area contributed by atoms with Crippen LogP contribution < -0.4 is 10.6 Å². The van der Waals surface area contributed by atoms with E-state index in [0.717, 1.165) is 57.8 Å². The number of anilines is 1. The molecule has 0 unspecified atom stereocenters. The van der Waals surface area contributed by atoms with Gasteiger partial charge in [0.2, 0.25) is 5.91 Å². The van der Waals surface area contributed by atoms with E-state index in [4.69, 9.17) is 4.98 Å². The number of unbranched alkanes of at least 4 members (excludes halogenated alkanes) is 1. The number of carbonyl (C=O) groups is 1. The van der Waals surface area contributed by atoms with Gasteiger partial charge in [-0.3, -0.25) is 4.79 Å². The van der Waals surface area contributed by atoms with Gasteiger partial charge in [0.15, 0.2) is 5.82 Å². The third-order valence-corrected chi connectivity index (χ3v) is 4.98. The molecule has 8 nitrogen and oxygen atoms in total. The fourth-order valence-corrected chi connectivity index (χ4v) is 3.45. The molecule has 0 aliphatic rings. The van der Waals surface area contributed by atoms with Gasteiger partial charge in [-0.15, -0.1) is 0 Å². The van der Waals surface area contributed by atoms with Gasteiger partial charge in [0.05, 0.1) is 35.5 Å². The molecule has 4 heterocycles. The van der Waals surface area contributed by atoms with Crippen molar-refractivity contribution < 1.29 is 4.79 Å². The van der Waals surface area contributed by atoms with Crippen LogP contribution in [-0.2, 0) is 18.4 Å². The Labute approximate surface area is 168 Å². The van der Waals surface area contributed by atoms with Crippen LogP contribution in [0.4, 0.5) is 5.82 Å². The van der Waals surface area contributed by atoms with E-state index in [9.17, 15) is 4.79 Å². The number of pyridine rings is 2. The first-order valence-corrected chi connectivity index (χ1v) is 9.85. The maximum Gasteiger partial charge on any atom is 0.220 e. The summed E-state index contributed by atoms with van der Waals surface area (Å²) in [6.45, 7) is 2.50. The molecule has 150 valence electrons. The minimum absolute atomic E-state index is 0.0621. The highest BCUT2D eigenvalue weighted by Crippen LogP contribution is 2.31. The van der Waals surface area contributed by atoms with Crippen molar-refractivity contribution in [1.29, 1.82) is 0 Å². The van der Waals surface area contributed by atoms with Crippen LogP contribution in [0, 0.1) is 0 Å². The van der Waals surface area contributed by atoms with Crippen molar-refractivity contribution in [3.8, 4) is 11.4 Å². The van der Waals surface area contributed by atoms with Crippen molar-refractivity contribution in [2.45, 2.75) is 32.7 Å². The van der Waals surface area contributed by atoms with E-state index in [0.29, 0.717) is 13.0 Å². The number of nitrogens with one attached hydrogen (secondary N) is 3. The van der Waals surface area contributed by atoms with Crippen LogP contribution in [0.15, 0.2) is 30.6 Å². The first-order chi connectivity index (χ1) is 14.1. The lowest BCUT2D eigenvalue weighted by atomic mass is 10.2. The molecule has 0 radical (unpaired) electrons. The monoisotopic (exact) mass is 391 g/mol. The molecule has 3 N–H and O–H groups in total. The van der Waals surface area contributed by atoms with Crippen molar-refractivity contribution in [2.24, 2.45) is 7.05 Å². The van der Waals surface area contributed by atoms with Crippen LogP contribution in [0.5, 0.6) is 0 Å². The standard InChI is InChI=1S/C21H25N7O/c1-4-5-9-17(29)23-11-13-7-6-8-15(25-13)16-10-14-19-18(24-12-28(19)3)21(22-2)27-20(14)26-16/h6-8,10,12H,4-5,9,11H2,1-3H3,(H,23,29)(H2,22,26,27). The van der Waals surface area contributed by atoms with E-state index in [1.165, 1.54) is 0 Å². The van der Waals surface area contributed by atoms with Gasteiger partial charge in [-0.1, -0.05) is 19.4 Å². The molecule has 0 saturated heterocycles. The lowest BCUT2D eigenvalue weighted by molar-refractivity contribution is -0.121. The summed E-state index contributed by atoms with van der Waals surface area (Å²) in [5, 5.41) is 7.05. The van der Waals surface area contributed by atoms with Gasteiger partial charge in [0.25, 0.3) is 0 Å². The van der Waals surface area contributed by atoms with Gasteiger partial charge in [0, 0.05) is 25.9 Å². The normalized spacial score (nSPS) is 11.3. The Morgan fingerprint density at radius 3 is 2.93 bits per heavy atom. The number of hydrogen-bond donors (Lipinski definition) is 3. The fraction of sp³-hybridized carbons (Fsp3) is 0.333. The average molecular weight is 391 g/mol. The SMILES string of the molecule is CCCCC(=O)NCc1cccc(-c2cc3c(nc(NC)c4ncn(C)c43)[nH]2)n1. The zero-order valence-electron chi connectivity index (χ0n) is 16.9. The van der Waals surface area contributed by atoms with Crippen LogP contribution in [0.2, 0.25) is 0 Å². The third kappa shape index (κ3) is 3.65. The van der Waals surface area contributed by atoms with Gasteiger partial charge in [-0.25, -0.2) is 15.0 Å². The summed E-state index contributed by atoms with van der Waals surface area (Å²) in [4.78, 5) is 29.1. The Hall–Kier alpha value is -3.42. The molecule has 0 aromatic carbocycles. The minimum Gasteiger partial charge on any atom is -0.371 e. The molecular formula is C21H25N7O. The third-order valence-electron chi connectivity index (χ3n) is 4.98. The second-order valence-corrected chi connectivity index (χ2v) is 7.10. The number of aromatic amines is 1. The van der Waals surface area contributed by atoms with Crippen molar-refractivity contribution in [1.82, 2.24) is 29.8 Å². The molecule has 29 heavy (non-hydrogen) atoms. The Kier molecular flexibility index (Phi) is 5.16. The molecule has 0 aliphatic heterocycles. The number of aromatic nitrogens is 5. The van der Waals surface area contributed by atoms with Gasteiger partial charge < -0.3 is 20.2 Å². The Morgan fingerprint density at radius 1 is 1.28 bits per heavy atom. The summed E-state index contributed by atoms with van der Waals surface area (Å²) in [7, 11) is 3.81. The summed E-state index contributed by atoms with van der Waals surface area (Å²) in [5.74, 6) is 0.796. The van der Waals surface area contributed by atoms with Crippen molar-refractivity contribution in [2.75, 3.05) is 12.4 Å². The van der Waals surface area contributed by atoms with Crippen LogP contribution in [0.1, 0.15) is 31.9 Å². The molecular weight excluding hydrogens is 366 g/mol. The maximum absolute atomic E-state index is 11.9. The van der Waals surface area contributed by atoms with Gasteiger partial charge in [0.1, 0.15) is 11.2 Å². The zero-order chi connectivity index (χ0) is 20.4. The molecule has 0 fully saturated rings. The van der Waals surface area contributed by atoms with E-state index in [-0.39, 0.29) is 5.91 Å². The van der Waals surface area contributed by atoms with Crippen LogP contribution >= 0.6 is 0 Å². The molecule has 4 rings (SSSR count). The van der Waals surface area contributed by atoms with Gasteiger partial charge in [-0.05, 0) is 24.6 Å². The molecule has 0 aliphatic carbocycles. The largest absolute Gasteiger partial charge is 0.371 e. The van der Waals surface area contributed by atoms with Crippen molar-refractivity contribution in [3.63, 3.8) is 0 Å². The summed E-state index contributed by atoms with van der Waals surface area (Å²) < 4.78 is 1.99. The lowest BCUT2D eigenvalue weighted by Gasteiger charge is -2.06. The number of hydrogen-bond acceptors (Lipinski definition) is 5. The number of amides is 1. The van der Waals surface area contributed by atoms with Crippen LogP contribution in [0.3, 0.4) is 0 Å². The molecule has 0 atom stereocenters. The van der Waals surface area contributed by atoms with Gasteiger partial charge >= 0.3 is 0 Å². The number of rotatable bonds is 7. The maximum atomic E-state index is 11.9. The number of nitrogens with zero attached hydrogens (tertiary/aromatic N) is 4. The minimum atomic E-state index is 0.0621. The quantitative estimate of drug-likeness (QED) is 0.448. The second-order valence-electron chi connectivity index (χ2n) is 7.10. The number of aryl methyl sites for hydroxylation is 1. The first kappa shape index (κ1) is 18.9. The zero-order valence-corrected chi connectivity index (χ0v) is 16.9. The van der Waals surface area contributed by atoms with E-state index < -0.39 is 0 Å². The van der Waals surface area contributed by atoms with E-state index in [1.807, 2.05) is 36.9 Å². The molecule has 0 bridgehead atoms. The smallest absolute Gasteiger partial charge is 0.220 e. The molecule has 0 spiro atoms. The van der Waals surface area contributed by atoms with Crippen molar-refractivity contribution in [3.05, 3.63) is 36.3 Å². The molecule has 0 saturated carbocycles. The predicted octanol–water partition coefficient (Wildman–Crippen LogP) is 3.36. The summed E-state index contributed by atoms with van der Waals surface area (Å²) in [5.41, 5.74) is 5.14. The second kappa shape index (κ2) is 7.90. The summed E-state index contributed by atoms with van der Waals surface area (Å²) in [6.07, 6.45) is 4.25. The average Bonchev–Trinajstić information content (AvgIpc) is 3.33. The molecule has 4 aromatic rings. The lowest BCUT2D eigenvalue weighted by Crippen LogP contribution is -2.22.